The van der Waals surface area contributed by atoms with Crippen LogP contribution in [0.4, 0.5) is 20.6 Å². The van der Waals surface area contributed by atoms with Crippen LogP contribution in [0.3, 0.4) is 0 Å². The molecule has 1 aromatic heterocycles. The molecule has 1 aliphatic rings. The van der Waals surface area contributed by atoms with Crippen molar-refractivity contribution in [3.8, 4) is 5.75 Å². The number of amides is 2. The van der Waals surface area contributed by atoms with Gasteiger partial charge in [-0.2, -0.15) is 5.10 Å². The normalized spacial score (nSPS) is 14.6. The lowest BCUT2D eigenvalue weighted by Crippen LogP contribution is -2.50. The summed E-state index contributed by atoms with van der Waals surface area (Å²) in [7, 11) is 3.29. The van der Waals surface area contributed by atoms with Gasteiger partial charge in [0.2, 0.25) is 0 Å². The third-order valence-electron chi connectivity index (χ3n) is 4.36. The third kappa shape index (κ3) is 3.67. The van der Waals surface area contributed by atoms with Gasteiger partial charge in [-0.25, -0.2) is 9.18 Å². The Bertz CT molecular complexity index is 768. The van der Waals surface area contributed by atoms with E-state index in [1.54, 1.807) is 22.6 Å². The number of rotatable bonds is 3. The maximum absolute atomic E-state index is 13.9. The summed E-state index contributed by atoms with van der Waals surface area (Å²) in [5.74, 6) is -0.328. The Morgan fingerprint density at radius 1 is 1.28 bits per heavy atom. The lowest BCUT2D eigenvalue weighted by molar-refractivity contribution is 0.208. The van der Waals surface area contributed by atoms with Gasteiger partial charge in [0.1, 0.15) is 0 Å². The van der Waals surface area contributed by atoms with Crippen molar-refractivity contribution in [3.63, 3.8) is 0 Å². The fourth-order valence-corrected chi connectivity index (χ4v) is 2.88. The molecule has 0 atom stereocenters. The van der Waals surface area contributed by atoms with E-state index in [2.05, 4.69) is 15.3 Å². The van der Waals surface area contributed by atoms with Gasteiger partial charge in [0, 0.05) is 51.2 Å². The molecular formula is C17H22FN5O2. The van der Waals surface area contributed by atoms with Crippen LogP contribution >= 0.6 is 0 Å². The number of urea groups is 1. The number of piperazine rings is 1. The largest absolute Gasteiger partial charge is 0.494 e. The maximum Gasteiger partial charge on any atom is 0.321 e. The van der Waals surface area contributed by atoms with Crippen molar-refractivity contribution in [1.29, 1.82) is 0 Å². The van der Waals surface area contributed by atoms with E-state index < -0.39 is 5.82 Å². The standard InChI is InChI=1S/C17H22FN5O2/c1-12-8-16(25-3)14(18)9-15(12)20-17(24)23-6-4-22(5-7-23)13-10-19-21(2)11-13/h8-11H,4-7H2,1-3H3,(H,20,24). The van der Waals surface area contributed by atoms with Gasteiger partial charge in [0.05, 0.1) is 19.0 Å². The summed E-state index contributed by atoms with van der Waals surface area (Å²) in [6.07, 6.45) is 3.78. The molecule has 8 heteroatoms. The molecule has 0 unspecified atom stereocenters. The quantitative estimate of drug-likeness (QED) is 0.925. The average Bonchev–Trinajstić information content (AvgIpc) is 3.04. The summed E-state index contributed by atoms with van der Waals surface area (Å²) in [4.78, 5) is 16.4. The monoisotopic (exact) mass is 347 g/mol. The number of carbonyl (C=O) groups is 1. The van der Waals surface area contributed by atoms with Crippen LogP contribution in [-0.4, -0.2) is 54.0 Å². The number of nitrogens with one attached hydrogen (secondary N) is 1. The number of hydrogen-bond acceptors (Lipinski definition) is 4. The second-order valence-electron chi connectivity index (χ2n) is 6.08. The van der Waals surface area contributed by atoms with E-state index in [4.69, 9.17) is 4.74 Å². The van der Waals surface area contributed by atoms with E-state index >= 15 is 0 Å². The minimum Gasteiger partial charge on any atom is -0.494 e. The Morgan fingerprint density at radius 3 is 2.60 bits per heavy atom. The van der Waals surface area contributed by atoms with Gasteiger partial charge < -0.3 is 19.9 Å². The first-order valence-corrected chi connectivity index (χ1v) is 8.11. The Hall–Kier alpha value is -2.77. The second-order valence-corrected chi connectivity index (χ2v) is 6.08. The molecule has 1 N–H and O–H groups in total. The number of aryl methyl sites for hydroxylation is 2. The lowest BCUT2D eigenvalue weighted by atomic mass is 10.2. The van der Waals surface area contributed by atoms with Gasteiger partial charge in [-0.15, -0.1) is 0 Å². The summed E-state index contributed by atoms with van der Waals surface area (Å²) in [6, 6.07) is 2.64. The van der Waals surface area contributed by atoms with Gasteiger partial charge >= 0.3 is 6.03 Å². The zero-order valence-electron chi connectivity index (χ0n) is 14.6. The smallest absolute Gasteiger partial charge is 0.321 e. The van der Waals surface area contributed by atoms with Crippen molar-refractivity contribution < 1.29 is 13.9 Å². The molecule has 2 amide bonds. The Morgan fingerprint density at radius 2 is 2.00 bits per heavy atom. The van der Waals surface area contributed by atoms with E-state index in [9.17, 15) is 9.18 Å². The Labute approximate surface area is 146 Å². The van der Waals surface area contributed by atoms with E-state index in [1.165, 1.54) is 13.2 Å². The molecule has 3 rings (SSSR count). The number of benzene rings is 1. The molecule has 2 heterocycles. The Balaban J connectivity index is 1.61. The number of carbonyl (C=O) groups excluding carboxylic acids is 1. The second kappa shape index (κ2) is 7.00. The SMILES string of the molecule is COc1cc(C)c(NC(=O)N2CCN(c3cnn(C)c3)CC2)cc1F. The van der Waals surface area contributed by atoms with Crippen LogP contribution in [0, 0.1) is 12.7 Å². The molecule has 2 aromatic rings. The van der Waals surface area contributed by atoms with Gasteiger partial charge in [-0.05, 0) is 18.6 Å². The van der Waals surface area contributed by atoms with Crippen LogP contribution in [0.5, 0.6) is 5.75 Å². The first-order valence-electron chi connectivity index (χ1n) is 8.11. The Kier molecular flexibility index (Phi) is 4.78. The van der Waals surface area contributed by atoms with Crippen molar-refractivity contribution in [1.82, 2.24) is 14.7 Å². The number of halogens is 1. The molecule has 0 spiro atoms. The fraction of sp³-hybridized carbons (Fsp3) is 0.412. The van der Waals surface area contributed by atoms with Crippen LogP contribution in [-0.2, 0) is 7.05 Å². The molecule has 1 aliphatic heterocycles. The topological polar surface area (TPSA) is 62.6 Å². The molecule has 0 bridgehead atoms. The molecule has 0 radical (unpaired) electrons. The number of anilines is 2. The zero-order valence-corrected chi connectivity index (χ0v) is 14.6. The van der Waals surface area contributed by atoms with Crippen molar-refractivity contribution in [2.24, 2.45) is 7.05 Å². The number of aromatic nitrogens is 2. The summed E-state index contributed by atoms with van der Waals surface area (Å²) >= 11 is 0. The summed E-state index contributed by atoms with van der Waals surface area (Å²) in [5, 5.41) is 6.96. The zero-order chi connectivity index (χ0) is 18.0. The first-order chi connectivity index (χ1) is 12.0. The summed E-state index contributed by atoms with van der Waals surface area (Å²) < 4.78 is 20.6. The van der Waals surface area contributed by atoms with Gasteiger partial charge in [0.25, 0.3) is 0 Å². The van der Waals surface area contributed by atoms with Crippen LogP contribution in [0.25, 0.3) is 0 Å². The fourth-order valence-electron chi connectivity index (χ4n) is 2.88. The molecule has 0 aliphatic carbocycles. The van der Waals surface area contributed by atoms with Gasteiger partial charge in [0.15, 0.2) is 11.6 Å². The van der Waals surface area contributed by atoms with Crippen LogP contribution in [0.15, 0.2) is 24.5 Å². The number of methoxy groups -OCH3 is 1. The predicted molar refractivity (Wildman–Crippen MR) is 93.7 cm³/mol. The van der Waals surface area contributed by atoms with Crippen molar-refractivity contribution >= 4 is 17.4 Å². The number of ether oxygens (including phenoxy) is 1. The molecule has 1 aromatic carbocycles. The van der Waals surface area contributed by atoms with Crippen LogP contribution in [0.1, 0.15) is 5.56 Å². The summed E-state index contributed by atoms with van der Waals surface area (Å²) in [6.45, 7) is 4.46. The van der Waals surface area contributed by atoms with E-state index in [0.29, 0.717) is 18.8 Å². The minimum atomic E-state index is -0.496. The third-order valence-corrected chi connectivity index (χ3v) is 4.36. The molecule has 134 valence electrons. The highest BCUT2D eigenvalue weighted by Gasteiger charge is 2.22. The van der Waals surface area contributed by atoms with Gasteiger partial charge in [-0.1, -0.05) is 0 Å². The first kappa shape index (κ1) is 17.1. The van der Waals surface area contributed by atoms with E-state index in [1.807, 2.05) is 19.4 Å². The van der Waals surface area contributed by atoms with Crippen molar-refractivity contribution in [3.05, 3.63) is 35.9 Å². The van der Waals surface area contributed by atoms with Crippen molar-refractivity contribution in [2.45, 2.75) is 6.92 Å². The van der Waals surface area contributed by atoms with E-state index in [0.717, 1.165) is 24.3 Å². The highest BCUT2D eigenvalue weighted by molar-refractivity contribution is 5.90. The number of hydrogen-bond donors (Lipinski definition) is 1. The lowest BCUT2D eigenvalue weighted by Gasteiger charge is -2.35. The number of nitrogens with zero attached hydrogens (tertiary/aromatic N) is 4. The minimum absolute atomic E-state index is 0.167. The highest BCUT2D eigenvalue weighted by Crippen LogP contribution is 2.25. The molecule has 1 fully saturated rings. The van der Waals surface area contributed by atoms with Crippen molar-refractivity contribution in [2.75, 3.05) is 43.5 Å². The molecule has 1 saturated heterocycles. The molecule has 0 saturated carbocycles. The van der Waals surface area contributed by atoms with E-state index in [-0.39, 0.29) is 11.8 Å². The maximum atomic E-state index is 13.9. The molecular weight excluding hydrogens is 325 g/mol. The molecule has 25 heavy (non-hydrogen) atoms. The predicted octanol–water partition coefficient (Wildman–Crippen LogP) is 2.23. The summed E-state index contributed by atoms with van der Waals surface area (Å²) in [5.41, 5.74) is 2.26. The average molecular weight is 347 g/mol. The van der Waals surface area contributed by atoms with Crippen LogP contribution in [0.2, 0.25) is 0 Å². The molecule has 7 nitrogen and oxygen atoms in total. The van der Waals surface area contributed by atoms with Gasteiger partial charge in [-0.3, -0.25) is 4.68 Å². The van der Waals surface area contributed by atoms with Crippen LogP contribution < -0.4 is 15.0 Å². The highest BCUT2D eigenvalue weighted by atomic mass is 19.1.